The van der Waals surface area contributed by atoms with Crippen molar-refractivity contribution >= 4 is 16.4 Å². The van der Waals surface area contributed by atoms with E-state index in [2.05, 4.69) is 23.0 Å². The highest BCUT2D eigenvalue weighted by Crippen LogP contribution is 2.07. The molecule has 2 nitrogen and oxygen atoms in total. The number of terminal acetylenes is 1. The van der Waals surface area contributed by atoms with Crippen molar-refractivity contribution in [3.8, 4) is 12.3 Å². The smallest absolute Gasteiger partial charge is 0.344 e. The number of halogens is 1. The fourth-order valence-electron chi connectivity index (χ4n) is 1.30. The van der Waals surface area contributed by atoms with Crippen LogP contribution in [0.25, 0.3) is 0 Å². The summed E-state index contributed by atoms with van der Waals surface area (Å²) in [5.74, 6) is 4.69. The van der Waals surface area contributed by atoms with Gasteiger partial charge in [0.1, 0.15) is 5.75 Å². The number of hydrogen-bond donors (Lipinski definition) is 1. The molecule has 13 heavy (non-hydrogen) atoms. The molecule has 2 unspecified atom stereocenters. The summed E-state index contributed by atoms with van der Waals surface area (Å²) in [5.41, 5.74) is 2.20. The van der Waals surface area contributed by atoms with Gasteiger partial charge in [-0.3, -0.25) is 0 Å². The maximum Gasteiger partial charge on any atom is 0.344 e. The lowest BCUT2D eigenvalue weighted by atomic mass is 10.4. The first kappa shape index (κ1) is 13.0. The van der Waals surface area contributed by atoms with E-state index >= 15 is 0 Å². The van der Waals surface area contributed by atoms with Gasteiger partial charge in [-0.15, -0.1) is 6.42 Å². The van der Waals surface area contributed by atoms with Crippen LogP contribution in [0.3, 0.4) is 0 Å². The molecule has 2 atom stereocenters. The van der Waals surface area contributed by atoms with Crippen LogP contribution in [-0.2, 0) is 10.9 Å². The van der Waals surface area contributed by atoms with Crippen LogP contribution < -0.4 is 17.0 Å². The van der Waals surface area contributed by atoms with Gasteiger partial charge < -0.3 is 22.1 Å². The predicted molar refractivity (Wildman–Crippen MR) is 53.7 cm³/mol. The molecule has 1 rings (SSSR count). The normalized spacial score (nSPS) is 26.1. The molecule has 0 aromatic heterocycles. The van der Waals surface area contributed by atoms with Gasteiger partial charge in [0.2, 0.25) is 6.54 Å². The highest BCUT2D eigenvalue weighted by atomic mass is 79.9. The minimum Gasteiger partial charge on any atom is -1.00 e. The van der Waals surface area contributed by atoms with E-state index in [1.807, 2.05) is 0 Å². The van der Waals surface area contributed by atoms with Crippen molar-refractivity contribution in [1.29, 1.82) is 0 Å². The van der Waals surface area contributed by atoms with E-state index in [1.165, 1.54) is 0 Å². The highest BCUT2D eigenvalue weighted by Gasteiger charge is 2.36. The maximum atomic E-state index is 8.76. The molecule has 0 bridgehead atoms. The average Bonchev–Trinajstić information content (AvgIpc) is 2.34. The lowest BCUT2D eigenvalue weighted by molar-refractivity contribution is -0.536. The Morgan fingerprint density at radius 1 is 1.77 bits per heavy atom. The lowest BCUT2D eigenvalue weighted by Gasteiger charge is -1.94. The largest absolute Gasteiger partial charge is 1.00 e. The lowest BCUT2D eigenvalue weighted by Crippen LogP contribution is -3.00. The zero-order valence-corrected chi connectivity index (χ0v) is 10.1. The van der Waals surface area contributed by atoms with Gasteiger partial charge in [0, 0.05) is 6.92 Å². The first-order valence-electron chi connectivity index (χ1n) is 4.09. The van der Waals surface area contributed by atoms with Crippen LogP contribution in [0.5, 0.6) is 0 Å². The van der Waals surface area contributed by atoms with Gasteiger partial charge >= 0.3 is 5.55 Å². The van der Waals surface area contributed by atoms with E-state index in [0.717, 1.165) is 11.5 Å². The second-order valence-corrected chi connectivity index (χ2v) is 4.99. The first-order chi connectivity index (χ1) is 5.77. The van der Waals surface area contributed by atoms with E-state index in [-0.39, 0.29) is 34.5 Å². The summed E-state index contributed by atoms with van der Waals surface area (Å²) >= 11 is 0. The van der Waals surface area contributed by atoms with Crippen LogP contribution in [0.1, 0.15) is 6.92 Å². The van der Waals surface area contributed by atoms with Crippen molar-refractivity contribution in [2.75, 3.05) is 24.7 Å². The Kier molecular flexibility index (Phi) is 6.48. The van der Waals surface area contributed by atoms with Gasteiger partial charge in [-0.25, -0.2) is 0 Å². The summed E-state index contributed by atoms with van der Waals surface area (Å²) in [4.78, 5) is 0. The summed E-state index contributed by atoms with van der Waals surface area (Å²) in [6.45, 7) is 3.17. The van der Waals surface area contributed by atoms with Crippen molar-refractivity contribution < 1.29 is 26.7 Å². The molecule has 0 saturated heterocycles. The number of hydrogen-bond acceptors (Lipinski definition) is 1. The molecule has 0 radical (unpaired) electrons. The van der Waals surface area contributed by atoms with Gasteiger partial charge in [0.15, 0.2) is 11.8 Å². The summed E-state index contributed by atoms with van der Waals surface area (Å²) in [7, 11) is 0.266. The summed E-state index contributed by atoms with van der Waals surface area (Å²) in [5, 5.41) is 8.76. The van der Waals surface area contributed by atoms with Gasteiger partial charge in [-0.2, -0.15) is 4.58 Å². The molecule has 0 aromatic rings. The van der Waals surface area contributed by atoms with Crippen LogP contribution in [0.4, 0.5) is 0 Å². The zero-order valence-electron chi connectivity index (χ0n) is 7.74. The summed E-state index contributed by atoms with van der Waals surface area (Å²) < 4.78 is 2.19. The van der Waals surface area contributed by atoms with E-state index in [1.54, 1.807) is 0 Å². The zero-order chi connectivity index (χ0) is 8.97. The minimum absolute atomic E-state index is 0. The van der Waals surface area contributed by atoms with Crippen molar-refractivity contribution in [3.63, 3.8) is 0 Å². The third-order valence-electron chi connectivity index (χ3n) is 1.93. The summed E-state index contributed by atoms with van der Waals surface area (Å²) in [6.07, 6.45) is 5.23. The molecule has 1 aliphatic heterocycles. The SMILES string of the molecule is C#CC[N+]1=C[S+](CCO)CC1C.[Br-]. The van der Waals surface area contributed by atoms with Crippen LogP contribution in [0.15, 0.2) is 0 Å². The third kappa shape index (κ3) is 3.72. The summed E-state index contributed by atoms with van der Waals surface area (Å²) in [6, 6.07) is 0.552. The Morgan fingerprint density at radius 2 is 2.46 bits per heavy atom. The standard InChI is InChI=1S/C9H15NOS.BrH/c1-3-4-10-8-12(6-5-11)7-9(10)2;/h1,8-9,11H,4-7H2,2H3;1H/q+2;/p-1. The number of rotatable bonds is 3. The molecule has 0 amide bonds. The Labute approximate surface area is 93.2 Å². The molecule has 1 heterocycles. The number of aliphatic hydroxyl groups is 1. The number of aliphatic hydroxyl groups excluding tert-OH is 1. The Bertz CT molecular complexity index is 224. The maximum absolute atomic E-state index is 8.76. The van der Waals surface area contributed by atoms with Crippen molar-refractivity contribution in [3.05, 3.63) is 0 Å². The van der Waals surface area contributed by atoms with Crippen LogP contribution >= 0.6 is 0 Å². The van der Waals surface area contributed by atoms with E-state index in [9.17, 15) is 0 Å². The highest BCUT2D eigenvalue weighted by molar-refractivity contribution is 8.09. The Hall–Kier alpha value is 0.0200. The van der Waals surface area contributed by atoms with Gasteiger partial charge in [-0.1, -0.05) is 0 Å². The molecule has 0 saturated carbocycles. The van der Waals surface area contributed by atoms with Gasteiger partial charge in [0.25, 0.3) is 0 Å². The van der Waals surface area contributed by atoms with Crippen LogP contribution in [-0.4, -0.2) is 45.9 Å². The van der Waals surface area contributed by atoms with E-state index in [0.29, 0.717) is 12.6 Å². The van der Waals surface area contributed by atoms with Gasteiger partial charge in [0.05, 0.1) is 17.5 Å². The fraction of sp³-hybridized carbons (Fsp3) is 0.667. The minimum atomic E-state index is 0. The number of nitrogens with zero attached hydrogens (tertiary/aromatic N) is 1. The average molecular weight is 265 g/mol. The second kappa shape index (κ2) is 6.47. The molecule has 0 spiro atoms. The van der Waals surface area contributed by atoms with Crippen LogP contribution in [0, 0.1) is 12.3 Å². The molecule has 1 aliphatic rings. The Balaban J connectivity index is 0.00000144. The van der Waals surface area contributed by atoms with E-state index in [4.69, 9.17) is 11.5 Å². The Morgan fingerprint density at radius 3 is 3.00 bits per heavy atom. The topological polar surface area (TPSA) is 23.2 Å². The first-order valence-corrected chi connectivity index (χ1v) is 5.72. The predicted octanol–water partition coefficient (Wildman–Crippen LogP) is -3.32. The van der Waals surface area contributed by atoms with Crippen molar-refractivity contribution in [2.24, 2.45) is 0 Å². The molecular formula is C9H15BrNOS+. The molecule has 0 aromatic carbocycles. The van der Waals surface area contributed by atoms with E-state index < -0.39 is 0 Å². The molecule has 74 valence electrons. The molecule has 1 N–H and O–H groups in total. The quantitative estimate of drug-likeness (QED) is 0.322. The van der Waals surface area contributed by atoms with Crippen molar-refractivity contribution in [2.45, 2.75) is 13.0 Å². The fourth-order valence-corrected chi connectivity index (χ4v) is 3.36. The molecule has 0 fully saturated rings. The molecule has 4 heteroatoms. The van der Waals surface area contributed by atoms with Gasteiger partial charge in [-0.05, 0) is 5.92 Å². The second-order valence-electron chi connectivity index (χ2n) is 2.96. The third-order valence-corrected chi connectivity index (χ3v) is 4.12. The molecular weight excluding hydrogens is 250 g/mol. The monoisotopic (exact) mass is 264 g/mol. The molecule has 0 aliphatic carbocycles. The van der Waals surface area contributed by atoms with Crippen molar-refractivity contribution in [1.82, 2.24) is 0 Å². The van der Waals surface area contributed by atoms with Crippen LogP contribution in [0.2, 0.25) is 0 Å².